The van der Waals surface area contributed by atoms with Crippen molar-refractivity contribution in [2.24, 2.45) is 0 Å². The molecule has 1 aliphatic rings. The smallest absolute Gasteiger partial charge is 0.335 e. The van der Waals surface area contributed by atoms with Gasteiger partial charge in [0, 0.05) is 17.1 Å². The van der Waals surface area contributed by atoms with Crippen LogP contribution in [0, 0.1) is 0 Å². The van der Waals surface area contributed by atoms with Gasteiger partial charge in [0.05, 0.1) is 0 Å². The standard InChI is InChI=1S/C23H28ClNO7/c1-25(2)13-12-23(14-8-4-3-5-9-14,15-10-6-7-11-16(15)24)32-22-19(28)17(26)18(27)20(31-22)21(29)30/h3-11,17-20,22,26-28H,12-13H2,1-2H3,(H,29,30)/t17-,18-,19+,20-,22-,23+/m0/s1. The Morgan fingerprint density at radius 2 is 1.66 bits per heavy atom. The second kappa shape index (κ2) is 10.3. The SMILES string of the molecule is CN(C)CC[C@@](O[C@@H]1O[C@H](C(=O)O)[C@@H](O)[C@H](O)[C@H]1O)(c1ccccc1)c1ccccc1Cl. The molecule has 1 heterocycles. The van der Waals surface area contributed by atoms with E-state index >= 15 is 0 Å². The van der Waals surface area contributed by atoms with Crippen molar-refractivity contribution in [1.29, 1.82) is 0 Å². The summed E-state index contributed by atoms with van der Waals surface area (Å²) in [5.74, 6) is -1.48. The summed E-state index contributed by atoms with van der Waals surface area (Å²) in [5.41, 5.74) is 0.0527. The lowest BCUT2D eigenvalue weighted by atomic mass is 9.82. The zero-order chi connectivity index (χ0) is 23.5. The van der Waals surface area contributed by atoms with Crippen molar-refractivity contribution >= 4 is 17.6 Å². The molecule has 0 aromatic heterocycles. The molecule has 1 saturated heterocycles. The van der Waals surface area contributed by atoms with Crippen LogP contribution < -0.4 is 0 Å². The number of halogens is 1. The Morgan fingerprint density at radius 3 is 2.25 bits per heavy atom. The normalized spacial score (nSPS) is 27.8. The maximum absolute atomic E-state index is 11.6. The molecule has 0 radical (unpaired) electrons. The molecule has 4 N–H and O–H groups in total. The number of carboxylic acid groups (broad SMARTS) is 1. The van der Waals surface area contributed by atoms with Crippen LogP contribution in [-0.2, 0) is 19.9 Å². The summed E-state index contributed by atoms with van der Waals surface area (Å²) in [7, 11) is 3.80. The summed E-state index contributed by atoms with van der Waals surface area (Å²) in [5, 5.41) is 40.8. The van der Waals surface area contributed by atoms with Gasteiger partial charge < -0.3 is 34.8 Å². The van der Waals surface area contributed by atoms with Gasteiger partial charge in [-0.1, -0.05) is 60.1 Å². The summed E-state index contributed by atoms with van der Waals surface area (Å²) in [4.78, 5) is 13.5. The molecule has 0 amide bonds. The summed E-state index contributed by atoms with van der Waals surface area (Å²) >= 11 is 6.58. The second-order valence-electron chi connectivity index (χ2n) is 8.08. The predicted molar refractivity (Wildman–Crippen MR) is 117 cm³/mol. The Hall–Kier alpha value is -2.04. The molecule has 32 heavy (non-hydrogen) atoms. The van der Waals surface area contributed by atoms with Gasteiger partial charge in [-0.15, -0.1) is 0 Å². The first-order chi connectivity index (χ1) is 15.2. The largest absolute Gasteiger partial charge is 0.479 e. The molecule has 174 valence electrons. The number of rotatable bonds is 8. The molecular weight excluding hydrogens is 438 g/mol. The first kappa shape index (κ1) is 24.6. The maximum Gasteiger partial charge on any atom is 0.335 e. The molecular formula is C23H28ClNO7. The molecule has 0 aliphatic carbocycles. The Bertz CT molecular complexity index is 912. The van der Waals surface area contributed by atoms with E-state index in [9.17, 15) is 25.2 Å². The molecule has 3 rings (SSSR count). The quantitative estimate of drug-likeness (QED) is 0.462. The molecule has 9 heteroatoms. The lowest BCUT2D eigenvalue weighted by Crippen LogP contribution is -2.61. The first-order valence-electron chi connectivity index (χ1n) is 10.2. The number of hydrogen-bond acceptors (Lipinski definition) is 7. The van der Waals surface area contributed by atoms with Crippen LogP contribution in [0.25, 0.3) is 0 Å². The predicted octanol–water partition coefficient (Wildman–Crippen LogP) is 1.44. The first-order valence-corrected chi connectivity index (χ1v) is 10.6. The van der Waals surface area contributed by atoms with Crippen LogP contribution in [0.15, 0.2) is 54.6 Å². The highest BCUT2D eigenvalue weighted by Crippen LogP contribution is 2.43. The number of carboxylic acids is 1. The number of aliphatic carboxylic acids is 1. The molecule has 0 unspecified atom stereocenters. The number of benzene rings is 2. The minimum Gasteiger partial charge on any atom is -0.479 e. The summed E-state index contributed by atoms with van der Waals surface area (Å²) in [6.45, 7) is 0.552. The molecule has 2 aromatic rings. The highest BCUT2D eigenvalue weighted by atomic mass is 35.5. The van der Waals surface area contributed by atoms with Crippen LogP contribution in [0.3, 0.4) is 0 Å². The second-order valence-corrected chi connectivity index (χ2v) is 8.49. The molecule has 0 spiro atoms. The van der Waals surface area contributed by atoms with E-state index < -0.39 is 42.3 Å². The minimum atomic E-state index is -1.81. The molecule has 2 aromatic carbocycles. The molecule has 0 saturated carbocycles. The van der Waals surface area contributed by atoms with E-state index in [4.69, 9.17) is 21.1 Å². The molecule has 0 bridgehead atoms. The van der Waals surface area contributed by atoms with Crippen LogP contribution in [0.5, 0.6) is 0 Å². The molecule has 1 aliphatic heterocycles. The van der Waals surface area contributed by atoms with Gasteiger partial charge in [0.2, 0.25) is 0 Å². The Balaban J connectivity index is 2.13. The van der Waals surface area contributed by atoms with Crippen LogP contribution in [0.4, 0.5) is 0 Å². The number of carbonyl (C=O) groups is 1. The zero-order valence-corrected chi connectivity index (χ0v) is 18.6. The van der Waals surface area contributed by atoms with Crippen LogP contribution in [0.2, 0.25) is 5.02 Å². The number of nitrogens with zero attached hydrogens (tertiary/aromatic N) is 1. The van der Waals surface area contributed by atoms with E-state index in [2.05, 4.69) is 0 Å². The van der Waals surface area contributed by atoms with Gasteiger partial charge in [-0.3, -0.25) is 0 Å². The van der Waals surface area contributed by atoms with E-state index in [0.29, 0.717) is 29.1 Å². The van der Waals surface area contributed by atoms with Crippen molar-refractivity contribution in [3.8, 4) is 0 Å². The number of aliphatic hydroxyl groups excluding tert-OH is 3. The van der Waals surface area contributed by atoms with E-state index in [1.54, 1.807) is 24.3 Å². The van der Waals surface area contributed by atoms with Crippen LogP contribution >= 0.6 is 11.6 Å². The average Bonchev–Trinajstić information content (AvgIpc) is 2.77. The van der Waals surface area contributed by atoms with Crippen LogP contribution in [-0.4, -0.2) is 82.6 Å². The summed E-state index contributed by atoms with van der Waals surface area (Å²) in [6.07, 6.45) is -8.22. The fourth-order valence-electron chi connectivity index (χ4n) is 3.85. The van der Waals surface area contributed by atoms with Crippen LogP contribution in [0.1, 0.15) is 17.5 Å². The Labute approximate surface area is 191 Å². The van der Waals surface area contributed by atoms with Crippen molar-refractivity contribution in [1.82, 2.24) is 4.90 Å². The van der Waals surface area contributed by atoms with Gasteiger partial charge in [-0.25, -0.2) is 4.79 Å². The monoisotopic (exact) mass is 465 g/mol. The van der Waals surface area contributed by atoms with E-state index in [1.165, 1.54) is 0 Å². The van der Waals surface area contributed by atoms with Crippen molar-refractivity contribution in [2.75, 3.05) is 20.6 Å². The Morgan fingerprint density at radius 1 is 1.03 bits per heavy atom. The van der Waals surface area contributed by atoms with E-state index in [1.807, 2.05) is 49.3 Å². The number of aliphatic hydroxyl groups is 3. The lowest BCUT2D eigenvalue weighted by Gasteiger charge is -2.44. The van der Waals surface area contributed by atoms with Gasteiger partial charge in [0.15, 0.2) is 12.4 Å². The van der Waals surface area contributed by atoms with Gasteiger partial charge >= 0.3 is 5.97 Å². The maximum atomic E-state index is 11.6. The topological polar surface area (TPSA) is 120 Å². The fourth-order valence-corrected chi connectivity index (χ4v) is 4.14. The van der Waals surface area contributed by atoms with Gasteiger partial charge in [0.1, 0.15) is 23.9 Å². The van der Waals surface area contributed by atoms with E-state index in [0.717, 1.165) is 0 Å². The van der Waals surface area contributed by atoms with Crippen molar-refractivity contribution in [3.63, 3.8) is 0 Å². The van der Waals surface area contributed by atoms with Crippen molar-refractivity contribution in [3.05, 3.63) is 70.7 Å². The minimum absolute atomic E-state index is 0.372. The van der Waals surface area contributed by atoms with Crippen molar-refractivity contribution in [2.45, 2.75) is 42.7 Å². The third-order valence-electron chi connectivity index (χ3n) is 5.59. The fraction of sp³-hybridized carbons (Fsp3) is 0.435. The van der Waals surface area contributed by atoms with Gasteiger partial charge in [0.25, 0.3) is 0 Å². The molecule has 6 atom stereocenters. The highest BCUT2D eigenvalue weighted by Gasteiger charge is 2.51. The number of ether oxygens (including phenoxy) is 2. The molecule has 8 nitrogen and oxygen atoms in total. The third-order valence-corrected chi connectivity index (χ3v) is 5.92. The summed E-state index contributed by atoms with van der Waals surface area (Å²) in [6, 6.07) is 16.3. The third kappa shape index (κ3) is 4.97. The lowest BCUT2D eigenvalue weighted by molar-refractivity contribution is -0.318. The van der Waals surface area contributed by atoms with Gasteiger partial charge in [-0.2, -0.15) is 0 Å². The number of hydrogen-bond donors (Lipinski definition) is 4. The Kier molecular flexibility index (Phi) is 7.89. The average molecular weight is 466 g/mol. The van der Waals surface area contributed by atoms with E-state index in [-0.39, 0.29) is 0 Å². The van der Waals surface area contributed by atoms with Crippen molar-refractivity contribution < 1.29 is 34.7 Å². The van der Waals surface area contributed by atoms with Gasteiger partial charge in [-0.05, 0) is 32.1 Å². The zero-order valence-electron chi connectivity index (χ0n) is 17.8. The summed E-state index contributed by atoms with van der Waals surface area (Å²) < 4.78 is 11.8. The highest BCUT2D eigenvalue weighted by molar-refractivity contribution is 6.31. The molecule has 1 fully saturated rings.